The molecular formula is C14H15BrN2O. The van der Waals surface area contributed by atoms with Crippen LogP contribution in [-0.2, 0) is 15.5 Å². The van der Waals surface area contributed by atoms with Crippen LogP contribution in [0.2, 0.25) is 0 Å². The van der Waals surface area contributed by atoms with Gasteiger partial charge < -0.3 is 10.7 Å². The SMILES string of the molecule is NC(=O)C(Br)(CCc1ccc[nH]1)c1ccccc1. The monoisotopic (exact) mass is 306 g/mol. The standard InChI is InChI=1S/C14H15BrN2O/c15-14(13(16)18,11-5-2-1-3-6-11)9-8-12-7-4-10-17-12/h1-7,10,17H,8-9H2,(H2,16,18). The molecule has 1 heterocycles. The number of nitrogens with one attached hydrogen (secondary N) is 1. The van der Waals surface area contributed by atoms with Crippen molar-refractivity contribution < 1.29 is 4.79 Å². The Morgan fingerprint density at radius 2 is 1.94 bits per heavy atom. The number of aromatic amines is 1. The molecule has 0 spiro atoms. The second kappa shape index (κ2) is 5.40. The molecule has 2 rings (SSSR count). The number of aromatic nitrogens is 1. The van der Waals surface area contributed by atoms with Crippen molar-refractivity contribution in [3.63, 3.8) is 0 Å². The van der Waals surface area contributed by atoms with Crippen molar-refractivity contribution in [3.8, 4) is 0 Å². The van der Waals surface area contributed by atoms with Gasteiger partial charge >= 0.3 is 0 Å². The molecule has 0 fully saturated rings. The van der Waals surface area contributed by atoms with Gasteiger partial charge in [0.2, 0.25) is 5.91 Å². The van der Waals surface area contributed by atoms with Crippen LogP contribution in [0.25, 0.3) is 0 Å². The maximum atomic E-state index is 11.7. The minimum Gasteiger partial charge on any atom is -0.368 e. The molecule has 1 aromatic heterocycles. The van der Waals surface area contributed by atoms with E-state index in [1.54, 1.807) is 0 Å². The van der Waals surface area contributed by atoms with E-state index >= 15 is 0 Å². The maximum Gasteiger partial charge on any atom is 0.238 e. The number of hydrogen-bond donors (Lipinski definition) is 2. The van der Waals surface area contributed by atoms with Crippen molar-refractivity contribution in [2.45, 2.75) is 17.2 Å². The fourth-order valence-electron chi connectivity index (χ4n) is 1.94. The predicted molar refractivity (Wildman–Crippen MR) is 75.4 cm³/mol. The highest BCUT2D eigenvalue weighted by atomic mass is 79.9. The zero-order valence-electron chi connectivity index (χ0n) is 9.90. The molecule has 94 valence electrons. The van der Waals surface area contributed by atoms with Crippen LogP contribution >= 0.6 is 15.9 Å². The van der Waals surface area contributed by atoms with Gasteiger partial charge in [0, 0.05) is 11.9 Å². The summed E-state index contributed by atoms with van der Waals surface area (Å²) in [7, 11) is 0. The van der Waals surface area contributed by atoms with Crippen LogP contribution < -0.4 is 5.73 Å². The number of alkyl halides is 1. The Morgan fingerprint density at radius 3 is 2.50 bits per heavy atom. The van der Waals surface area contributed by atoms with E-state index in [0.717, 1.165) is 17.7 Å². The number of benzene rings is 1. The van der Waals surface area contributed by atoms with E-state index in [1.165, 1.54) is 0 Å². The van der Waals surface area contributed by atoms with Crippen LogP contribution in [0.4, 0.5) is 0 Å². The van der Waals surface area contributed by atoms with E-state index in [1.807, 2.05) is 48.7 Å². The van der Waals surface area contributed by atoms with Gasteiger partial charge in [-0.3, -0.25) is 4.79 Å². The third-order valence-electron chi connectivity index (χ3n) is 3.02. The third kappa shape index (κ3) is 2.64. The van der Waals surface area contributed by atoms with Gasteiger partial charge in [-0.05, 0) is 30.5 Å². The zero-order valence-corrected chi connectivity index (χ0v) is 11.5. The first-order valence-corrected chi connectivity index (χ1v) is 6.59. The largest absolute Gasteiger partial charge is 0.368 e. The van der Waals surface area contributed by atoms with Gasteiger partial charge in [-0.2, -0.15) is 0 Å². The molecule has 1 atom stereocenters. The van der Waals surface area contributed by atoms with Gasteiger partial charge in [0.1, 0.15) is 4.32 Å². The highest BCUT2D eigenvalue weighted by Gasteiger charge is 2.35. The lowest BCUT2D eigenvalue weighted by atomic mass is 9.92. The highest BCUT2D eigenvalue weighted by Crippen LogP contribution is 2.35. The molecule has 0 aliphatic carbocycles. The second-order valence-corrected chi connectivity index (χ2v) is 5.58. The summed E-state index contributed by atoms with van der Waals surface area (Å²) in [5.41, 5.74) is 7.53. The number of hydrogen-bond acceptors (Lipinski definition) is 1. The molecular weight excluding hydrogens is 292 g/mol. The second-order valence-electron chi connectivity index (χ2n) is 4.23. The van der Waals surface area contributed by atoms with E-state index in [-0.39, 0.29) is 5.91 Å². The Bertz CT molecular complexity index is 510. The fourth-order valence-corrected chi connectivity index (χ4v) is 2.40. The smallest absolute Gasteiger partial charge is 0.238 e. The average molecular weight is 307 g/mol. The molecule has 1 amide bonds. The molecule has 3 nitrogen and oxygen atoms in total. The quantitative estimate of drug-likeness (QED) is 0.820. The number of aryl methyl sites for hydroxylation is 1. The molecule has 18 heavy (non-hydrogen) atoms. The van der Waals surface area contributed by atoms with Crippen LogP contribution in [-0.4, -0.2) is 10.9 Å². The van der Waals surface area contributed by atoms with Crippen LogP contribution in [0, 0.1) is 0 Å². The molecule has 0 radical (unpaired) electrons. The lowest BCUT2D eigenvalue weighted by molar-refractivity contribution is -0.120. The van der Waals surface area contributed by atoms with Crippen LogP contribution in [0.1, 0.15) is 17.7 Å². The molecule has 3 N–H and O–H groups in total. The Labute approximate surface area is 115 Å². The van der Waals surface area contributed by atoms with Crippen molar-refractivity contribution in [1.82, 2.24) is 4.98 Å². The van der Waals surface area contributed by atoms with Gasteiger partial charge in [-0.25, -0.2) is 0 Å². The predicted octanol–water partition coefficient (Wildman–Crippen LogP) is 2.72. The number of primary amides is 1. The normalized spacial score (nSPS) is 14.1. The van der Waals surface area contributed by atoms with Crippen molar-refractivity contribution >= 4 is 21.8 Å². The van der Waals surface area contributed by atoms with Crippen LogP contribution in [0.5, 0.6) is 0 Å². The molecule has 0 saturated carbocycles. The number of amides is 1. The van der Waals surface area contributed by atoms with E-state index in [2.05, 4.69) is 20.9 Å². The first kappa shape index (κ1) is 12.9. The summed E-state index contributed by atoms with van der Waals surface area (Å²) in [6.45, 7) is 0. The summed E-state index contributed by atoms with van der Waals surface area (Å²) in [4.78, 5) is 14.9. The summed E-state index contributed by atoms with van der Waals surface area (Å²) < 4.78 is -0.806. The zero-order chi connectivity index (χ0) is 13.0. The van der Waals surface area contributed by atoms with Crippen molar-refractivity contribution in [2.75, 3.05) is 0 Å². The Kier molecular flexibility index (Phi) is 3.87. The van der Waals surface area contributed by atoms with E-state index in [9.17, 15) is 4.79 Å². The number of nitrogens with two attached hydrogens (primary N) is 1. The first-order valence-electron chi connectivity index (χ1n) is 5.79. The molecule has 0 aliphatic heterocycles. The Morgan fingerprint density at radius 1 is 1.22 bits per heavy atom. The molecule has 1 aromatic carbocycles. The molecule has 4 heteroatoms. The van der Waals surface area contributed by atoms with Gasteiger partial charge in [-0.15, -0.1) is 0 Å². The van der Waals surface area contributed by atoms with Crippen molar-refractivity contribution in [1.29, 1.82) is 0 Å². The number of halogens is 1. The Hall–Kier alpha value is -1.55. The van der Waals surface area contributed by atoms with E-state index < -0.39 is 4.32 Å². The molecule has 0 saturated heterocycles. The first-order chi connectivity index (χ1) is 8.63. The number of rotatable bonds is 5. The van der Waals surface area contributed by atoms with Crippen LogP contribution in [0.15, 0.2) is 48.7 Å². The topological polar surface area (TPSA) is 58.9 Å². The lowest BCUT2D eigenvalue weighted by Gasteiger charge is -2.24. The summed E-state index contributed by atoms with van der Waals surface area (Å²) in [5, 5.41) is 0. The molecule has 0 aliphatic rings. The summed E-state index contributed by atoms with van der Waals surface area (Å²) >= 11 is 3.52. The Balaban J connectivity index is 2.20. The van der Waals surface area contributed by atoms with Crippen molar-refractivity contribution in [2.24, 2.45) is 5.73 Å². The fraction of sp³-hybridized carbons (Fsp3) is 0.214. The maximum absolute atomic E-state index is 11.7. The number of carbonyl (C=O) groups excluding carboxylic acids is 1. The summed E-state index contributed by atoms with van der Waals surface area (Å²) in [6.07, 6.45) is 3.25. The minimum atomic E-state index is -0.806. The van der Waals surface area contributed by atoms with Gasteiger partial charge in [-0.1, -0.05) is 46.3 Å². The summed E-state index contributed by atoms with van der Waals surface area (Å²) in [5.74, 6) is -0.361. The molecule has 1 unspecified atom stereocenters. The van der Waals surface area contributed by atoms with Gasteiger partial charge in [0.25, 0.3) is 0 Å². The van der Waals surface area contributed by atoms with Gasteiger partial charge in [0.05, 0.1) is 0 Å². The summed E-state index contributed by atoms with van der Waals surface area (Å²) in [6, 6.07) is 13.5. The van der Waals surface area contributed by atoms with E-state index in [0.29, 0.717) is 6.42 Å². The lowest BCUT2D eigenvalue weighted by Crippen LogP contribution is -2.36. The van der Waals surface area contributed by atoms with Crippen LogP contribution in [0.3, 0.4) is 0 Å². The minimum absolute atomic E-state index is 0.361. The number of carbonyl (C=O) groups is 1. The average Bonchev–Trinajstić information content (AvgIpc) is 2.90. The highest BCUT2D eigenvalue weighted by molar-refractivity contribution is 9.10. The van der Waals surface area contributed by atoms with Crippen molar-refractivity contribution in [3.05, 3.63) is 59.9 Å². The van der Waals surface area contributed by atoms with Gasteiger partial charge in [0.15, 0.2) is 0 Å². The molecule has 2 aromatic rings. The number of H-pyrrole nitrogens is 1. The molecule has 0 bridgehead atoms. The third-order valence-corrected chi connectivity index (χ3v) is 4.27. The van der Waals surface area contributed by atoms with E-state index in [4.69, 9.17) is 5.73 Å².